The lowest BCUT2D eigenvalue weighted by Gasteiger charge is -2.32. The number of aromatic hydroxyl groups is 1. The van der Waals surface area contributed by atoms with Crippen LogP contribution in [0.5, 0.6) is 5.75 Å². The molecule has 11 N–H and O–H groups in total. The molecule has 0 bridgehead atoms. The number of carbonyl (C=O) groups is 6. The van der Waals surface area contributed by atoms with Gasteiger partial charge in [0.05, 0.1) is 18.0 Å². The first-order chi connectivity index (χ1) is 24.7. The van der Waals surface area contributed by atoms with Crippen LogP contribution < -0.4 is 33.2 Å². The molecule has 0 radical (unpaired) electrons. The number of rotatable bonds is 18. The monoisotopic (exact) mass is 729 g/mol. The number of carboxylic acids is 1. The van der Waals surface area contributed by atoms with Gasteiger partial charge in [-0.2, -0.15) is 0 Å². The van der Waals surface area contributed by atoms with Gasteiger partial charge < -0.3 is 48.3 Å². The third-order valence-corrected chi connectivity index (χ3v) is 9.14. The molecule has 4 amide bonds. The van der Waals surface area contributed by atoms with Crippen molar-refractivity contribution in [1.82, 2.24) is 20.9 Å². The van der Waals surface area contributed by atoms with Crippen LogP contribution in [0.4, 0.5) is 0 Å². The number of aliphatic carboxylic acids is 1. The number of carboxylic acid groups (broad SMARTS) is 1. The average Bonchev–Trinajstić information content (AvgIpc) is 3.09. The number of phenolic OH excluding ortho intramolecular Hbond substituents is 1. The van der Waals surface area contributed by atoms with Crippen LogP contribution in [0, 0.1) is 11.8 Å². The van der Waals surface area contributed by atoms with E-state index in [9.17, 15) is 39.0 Å². The van der Waals surface area contributed by atoms with Crippen molar-refractivity contribution in [2.45, 2.75) is 115 Å². The Kier molecular flexibility index (Phi) is 19.0. The molecule has 1 aliphatic rings. The summed E-state index contributed by atoms with van der Waals surface area (Å²) in [5.74, 6) is -4.89. The molecule has 1 aliphatic heterocycles. The van der Waals surface area contributed by atoms with E-state index in [1.807, 2.05) is 13.8 Å². The van der Waals surface area contributed by atoms with Crippen LogP contribution in [0.15, 0.2) is 36.4 Å². The fraction of sp³-hybridized carbons (Fsp3) is 0.622. The maximum Gasteiger partial charge on any atom is 0.306 e. The van der Waals surface area contributed by atoms with Gasteiger partial charge in [0.1, 0.15) is 23.9 Å². The molecule has 1 heterocycles. The summed E-state index contributed by atoms with van der Waals surface area (Å²) in [4.78, 5) is 81.8. The van der Waals surface area contributed by atoms with Crippen molar-refractivity contribution in [2.24, 2.45) is 29.0 Å². The SMILES string of the molecule is CC(C)C[C@H](CC(=O)[C@H](Cc1ccc(O)cc1)N(C)C(=O)[C@@H]1CC=CC[C@H](N)C(=O)N[C@@H](CCCCN)C(=O)N[C@@H](CCCCN)C(=O)N1)C(=O)O. The molecule has 0 aromatic heterocycles. The summed E-state index contributed by atoms with van der Waals surface area (Å²) in [6.07, 6.45) is 6.00. The first-order valence-electron chi connectivity index (χ1n) is 18.2. The van der Waals surface area contributed by atoms with Crippen LogP contribution in [-0.4, -0.2) is 101 Å². The Morgan fingerprint density at radius 1 is 0.846 bits per heavy atom. The van der Waals surface area contributed by atoms with E-state index in [4.69, 9.17) is 17.2 Å². The van der Waals surface area contributed by atoms with Gasteiger partial charge in [-0.25, -0.2) is 0 Å². The quantitative estimate of drug-likeness (QED) is 0.0776. The van der Waals surface area contributed by atoms with E-state index in [1.54, 1.807) is 24.3 Å². The Bertz CT molecular complexity index is 1370. The second kappa shape index (κ2) is 22.6. The average molecular weight is 730 g/mol. The molecule has 6 atom stereocenters. The van der Waals surface area contributed by atoms with Crippen LogP contribution in [-0.2, 0) is 35.2 Å². The summed E-state index contributed by atoms with van der Waals surface area (Å²) in [7, 11) is 1.43. The number of carbonyl (C=O) groups excluding carboxylic acids is 5. The maximum absolute atomic E-state index is 14.3. The van der Waals surface area contributed by atoms with Gasteiger partial charge in [-0.05, 0) is 101 Å². The zero-order valence-corrected chi connectivity index (χ0v) is 30.7. The smallest absolute Gasteiger partial charge is 0.306 e. The predicted molar refractivity (Wildman–Crippen MR) is 197 cm³/mol. The Balaban J connectivity index is 2.50. The number of phenols is 1. The number of Topliss-reactive ketones (excluding diaryl/α,β-unsaturated/α-hetero) is 1. The Labute approximate surface area is 306 Å². The van der Waals surface area contributed by atoms with Gasteiger partial charge in [-0.3, -0.25) is 28.8 Å². The largest absolute Gasteiger partial charge is 0.508 e. The summed E-state index contributed by atoms with van der Waals surface area (Å²) in [5.41, 5.74) is 18.1. The van der Waals surface area contributed by atoms with E-state index >= 15 is 0 Å². The summed E-state index contributed by atoms with van der Waals surface area (Å²) < 4.78 is 0. The molecule has 0 spiro atoms. The Hall–Kier alpha value is -4.34. The first kappa shape index (κ1) is 43.8. The van der Waals surface area contributed by atoms with E-state index in [-0.39, 0.29) is 56.6 Å². The zero-order chi connectivity index (χ0) is 38.8. The topological polar surface area (TPSA) is 260 Å². The second-order valence-electron chi connectivity index (χ2n) is 14.0. The molecule has 0 aliphatic carbocycles. The lowest BCUT2D eigenvalue weighted by atomic mass is 9.88. The molecule has 1 aromatic rings. The van der Waals surface area contributed by atoms with Crippen molar-refractivity contribution < 1.29 is 39.0 Å². The number of hydrogen-bond donors (Lipinski definition) is 8. The van der Waals surface area contributed by atoms with E-state index < -0.39 is 71.5 Å². The fourth-order valence-electron chi connectivity index (χ4n) is 6.09. The number of nitrogens with one attached hydrogen (secondary N) is 3. The van der Waals surface area contributed by atoms with Crippen molar-refractivity contribution in [2.75, 3.05) is 20.1 Å². The van der Waals surface area contributed by atoms with E-state index in [0.717, 1.165) is 0 Å². The molecule has 0 saturated carbocycles. The molecule has 0 unspecified atom stereocenters. The number of amides is 4. The number of nitrogens with two attached hydrogens (primary N) is 3. The van der Waals surface area contributed by atoms with Crippen molar-refractivity contribution in [3.63, 3.8) is 0 Å². The molecule has 15 nitrogen and oxygen atoms in total. The number of hydrogen-bond acceptors (Lipinski definition) is 10. The van der Waals surface area contributed by atoms with Crippen LogP contribution in [0.2, 0.25) is 0 Å². The van der Waals surface area contributed by atoms with E-state index in [1.165, 1.54) is 24.1 Å². The normalized spacial score (nSPS) is 21.3. The van der Waals surface area contributed by atoms with Crippen LogP contribution >= 0.6 is 0 Å². The summed E-state index contributed by atoms with van der Waals surface area (Å²) >= 11 is 0. The van der Waals surface area contributed by atoms with Crippen molar-refractivity contribution in [3.05, 3.63) is 42.0 Å². The van der Waals surface area contributed by atoms with Crippen molar-refractivity contribution in [3.8, 4) is 5.75 Å². The minimum absolute atomic E-state index is 0.00855. The van der Waals surface area contributed by atoms with Gasteiger partial charge in [0.15, 0.2) is 5.78 Å². The summed E-state index contributed by atoms with van der Waals surface area (Å²) in [5, 5.41) is 27.9. The highest BCUT2D eigenvalue weighted by molar-refractivity contribution is 5.96. The summed E-state index contributed by atoms with van der Waals surface area (Å²) in [6, 6.07) is 0.790. The van der Waals surface area contributed by atoms with Gasteiger partial charge in [-0.15, -0.1) is 0 Å². The zero-order valence-electron chi connectivity index (χ0n) is 30.7. The third kappa shape index (κ3) is 14.7. The Morgan fingerprint density at radius 2 is 1.38 bits per heavy atom. The number of unbranched alkanes of at least 4 members (excludes halogenated alkanes) is 2. The minimum atomic E-state index is -1.20. The van der Waals surface area contributed by atoms with E-state index in [2.05, 4.69) is 16.0 Å². The Morgan fingerprint density at radius 3 is 1.92 bits per heavy atom. The van der Waals surface area contributed by atoms with Gasteiger partial charge in [0.25, 0.3) is 0 Å². The second-order valence-corrected chi connectivity index (χ2v) is 14.0. The van der Waals surface area contributed by atoms with E-state index in [0.29, 0.717) is 44.3 Å². The molecule has 2 rings (SSSR count). The number of likely N-dealkylation sites (N-methyl/N-ethyl adjacent to an activating group) is 1. The maximum atomic E-state index is 14.3. The first-order valence-corrected chi connectivity index (χ1v) is 18.2. The molecule has 15 heteroatoms. The predicted octanol–water partition coefficient (Wildman–Crippen LogP) is 0.858. The highest BCUT2D eigenvalue weighted by Crippen LogP contribution is 2.22. The third-order valence-electron chi connectivity index (χ3n) is 9.14. The standard InChI is InChI=1S/C37H59N7O8/c1-23(2)20-25(37(51)52)22-32(46)31(21-24-14-16-26(45)17-15-24)44(3)36(50)30-13-5-4-10-27(40)33(47)41-28(11-6-8-18-38)34(48)42-29(35(49)43-30)12-7-9-19-39/h4-5,14-17,23,25,27-31,45H,6-13,18-22,38-40H2,1-3H3,(H,41,47)(H,42,48)(H,43,49)(H,51,52)/t25-,27+,28+,29+,30+,31+/m1/s1. The number of ketones is 1. The van der Waals surface area contributed by atoms with Gasteiger partial charge in [-0.1, -0.05) is 38.1 Å². The van der Waals surface area contributed by atoms with Crippen molar-refractivity contribution >= 4 is 35.4 Å². The highest BCUT2D eigenvalue weighted by atomic mass is 16.4. The molecule has 0 fully saturated rings. The molecular weight excluding hydrogens is 670 g/mol. The minimum Gasteiger partial charge on any atom is -0.508 e. The van der Waals surface area contributed by atoms with Gasteiger partial charge >= 0.3 is 5.97 Å². The summed E-state index contributed by atoms with van der Waals surface area (Å²) in [6.45, 7) is 4.49. The fourth-order valence-corrected chi connectivity index (χ4v) is 6.09. The van der Waals surface area contributed by atoms with Gasteiger partial charge in [0, 0.05) is 13.5 Å². The molecule has 290 valence electrons. The van der Waals surface area contributed by atoms with Crippen LogP contribution in [0.3, 0.4) is 0 Å². The molecule has 1 aromatic carbocycles. The lowest BCUT2D eigenvalue weighted by Crippen LogP contribution is -2.58. The molecular formula is C37H59N7O8. The number of nitrogens with zero attached hydrogens (tertiary/aromatic N) is 1. The lowest BCUT2D eigenvalue weighted by molar-refractivity contribution is -0.146. The van der Waals surface area contributed by atoms with Crippen LogP contribution in [0.1, 0.15) is 83.6 Å². The number of benzene rings is 1. The highest BCUT2D eigenvalue weighted by Gasteiger charge is 2.36. The van der Waals surface area contributed by atoms with Crippen molar-refractivity contribution in [1.29, 1.82) is 0 Å². The molecule has 52 heavy (non-hydrogen) atoms. The van der Waals surface area contributed by atoms with Gasteiger partial charge in [0.2, 0.25) is 23.6 Å². The molecule has 0 saturated heterocycles. The van der Waals surface area contributed by atoms with Crippen LogP contribution in [0.25, 0.3) is 0 Å².